The second kappa shape index (κ2) is 6.66. The average molecular weight is 358 g/mol. The summed E-state index contributed by atoms with van der Waals surface area (Å²) in [6.07, 6.45) is 2.41. The van der Waals surface area contributed by atoms with E-state index in [1.54, 1.807) is 11.0 Å². The normalized spacial score (nSPS) is 13.5. The van der Waals surface area contributed by atoms with Crippen LogP contribution in [-0.2, 0) is 19.5 Å². The number of aromatic nitrogens is 5. The Morgan fingerprint density at radius 3 is 3.00 bits per heavy atom. The largest absolute Gasteiger partial charge is 0.312 e. The van der Waals surface area contributed by atoms with Gasteiger partial charge in [0, 0.05) is 35.8 Å². The van der Waals surface area contributed by atoms with Crippen LogP contribution in [-0.4, -0.2) is 37.4 Å². The maximum atomic E-state index is 12.4. The van der Waals surface area contributed by atoms with E-state index in [-0.39, 0.29) is 11.9 Å². The standard InChI is InChI=1S/C16H16ClN7O/c17-11-3-1-10(2-4-11)8-24-9-19-16(23-24)20-15(25)14-12-7-18-6-5-13(12)21-22-14/h1-4,9,18H,5-8H2,(H,21,22)(H,20,23,25). The molecule has 2 aromatic heterocycles. The van der Waals surface area contributed by atoms with E-state index in [1.807, 2.05) is 24.3 Å². The molecule has 3 aromatic rings. The van der Waals surface area contributed by atoms with E-state index in [4.69, 9.17) is 11.6 Å². The number of benzene rings is 1. The van der Waals surface area contributed by atoms with Crippen LogP contribution in [0.25, 0.3) is 0 Å². The highest BCUT2D eigenvalue weighted by atomic mass is 35.5. The Morgan fingerprint density at radius 1 is 1.32 bits per heavy atom. The summed E-state index contributed by atoms with van der Waals surface area (Å²) in [6.45, 7) is 2.06. The third-order valence-corrected chi connectivity index (χ3v) is 4.29. The number of anilines is 1. The number of amides is 1. The summed E-state index contributed by atoms with van der Waals surface area (Å²) in [7, 11) is 0. The fraction of sp³-hybridized carbons (Fsp3) is 0.250. The molecule has 1 aromatic carbocycles. The monoisotopic (exact) mass is 357 g/mol. The SMILES string of the molecule is O=C(Nc1ncn(Cc2ccc(Cl)cc2)n1)c1n[nH]c2c1CNCC2. The van der Waals surface area contributed by atoms with Gasteiger partial charge in [-0.3, -0.25) is 15.2 Å². The number of hydrogen-bond acceptors (Lipinski definition) is 5. The molecular weight excluding hydrogens is 342 g/mol. The van der Waals surface area contributed by atoms with Crippen LogP contribution in [0.15, 0.2) is 30.6 Å². The Bertz CT molecular complexity index is 900. The van der Waals surface area contributed by atoms with E-state index in [0.29, 0.717) is 23.8 Å². The molecule has 1 aliphatic rings. The molecule has 8 nitrogen and oxygen atoms in total. The van der Waals surface area contributed by atoms with Crippen LogP contribution in [0, 0.1) is 0 Å². The first kappa shape index (κ1) is 15.8. The molecule has 0 radical (unpaired) electrons. The van der Waals surface area contributed by atoms with Gasteiger partial charge >= 0.3 is 0 Å². The Kier molecular flexibility index (Phi) is 4.21. The van der Waals surface area contributed by atoms with Gasteiger partial charge in [-0.15, -0.1) is 5.10 Å². The first-order valence-corrected chi connectivity index (χ1v) is 8.29. The van der Waals surface area contributed by atoms with Crippen molar-refractivity contribution in [2.75, 3.05) is 11.9 Å². The zero-order chi connectivity index (χ0) is 17.2. The second-order valence-corrected chi connectivity index (χ2v) is 6.24. The molecule has 0 fully saturated rings. The van der Waals surface area contributed by atoms with Gasteiger partial charge in [0.2, 0.25) is 5.95 Å². The van der Waals surface area contributed by atoms with Gasteiger partial charge in [0.1, 0.15) is 6.33 Å². The third kappa shape index (κ3) is 3.40. The quantitative estimate of drug-likeness (QED) is 0.658. The number of carbonyl (C=O) groups is 1. The fourth-order valence-corrected chi connectivity index (χ4v) is 2.90. The maximum absolute atomic E-state index is 12.4. The minimum atomic E-state index is -0.314. The summed E-state index contributed by atoms with van der Waals surface area (Å²) in [5, 5.41) is 17.9. The Balaban J connectivity index is 1.45. The lowest BCUT2D eigenvalue weighted by Gasteiger charge is -2.12. The van der Waals surface area contributed by atoms with Crippen molar-refractivity contribution in [3.05, 3.63) is 58.1 Å². The van der Waals surface area contributed by atoms with Crippen molar-refractivity contribution in [1.29, 1.82) is 0 Å². The highest BCUT2D eigenvalue weighted by molar-refractivity contribution is 6.30. The van der Waals surface area contributed by atoms with Gasteiger partial charge in [-0.05, 0) is 17.7 Å². The second-order valence-electron chi connectivity index (χ2n) is 5.80. The van der Waals surface area contributed by atoms with Gasteiger partial charge in [-0.1, -0.05) is 23.7 Å². The van der Waals surface area contributed by atoms with Crippen LogP contribution in [0.3, 0.4) is 0 Å². The summed E-state index contributed by atoms with van der Waals surface area (Å²) < 4.78 is 1.65. The lowest BCUT2D eigenvalue weighted by atomic mass is 10.1. The molecule has 9 heteroatoms. The lowest BCUT2D eigenvalue weighted by Crippen LogP contribution is -2.25. The predicted molar refractivity (Wildman–Crippen MR) is 92.5 cm³/mol. The molecule has 4 rings (SSSR count). The molecule has 0 bridgehead atoms. The van der Waals surface area contributed by atoms with Crippen LogP contribution in [0.4, 0.5) is 5.95 Å². The van der Waals surface area contributed by atoms with Crippen molar-refractivity contribution < 1.29 is 4.79 Å². The number of carbonyl (C=O) groups excluding carboxylic acids is 1. The number of hydrogen-bond donors (Lipinski definition) is 3. The molecule has 128 valence electrons. The number of fused-ring (bicyclic) bond motifs is 1. The highest BCUT2D eigenvalue weighted by Crippen LogP contribution is 2.16. The van der Waals surface area contributed by atoms with Gasteiger partial charge in [-0.25, -0.2) is 9.67 Å². The highest BCUT2D eigenvalue weighted by Gasteiger charge is 2.22. The minimum absolute atomic E-state index is 0.250. The van der Waals surface area contributed by atoms with Gasteiger partial charge in [-0.2, -0.15) is 5.10 Å². The van der Waals surface area contributed by atoms with E-state index in [9.17, 15) is 4.79 Å². The van der Waals surface area contributed by atoms with Crippen LogP contribution < -0.4 is 10.6 Å². The number of rotatable bonds is 4. The van der Waals surface area contributed by atoms with Gasteiger partial charge in [0.25, 0.3) is 5.91 Å². The van der Waals surface area contributed by atoms with Crippen LogP contribution in [0.2, 0.25) is 5.02 Å². The number of H-pyrrole nitrogens is 1. The molecule has 0 aliphatic carbocycles. The molecular formula is C16H16ClN7O. The Morgan fingerprint density at radius 2 is 2.16 bits per heavy atom. The summed E-state index contributed by atoms with van der Waals surface area (Å²) >= 11 is 5.88. The summed E-state index contributed by atoms with van der Waals surface area (Å²) in [6, 6.07) is 7.49. The summed E-state index contributed by atoms with van der Waals surface area (Å²) in [5.41, 5.74) is 3.34. The zero-order valence-electron chi connectivity index (χ0n) is 13.3. The van der Waals surface area contributed by atoms with Crippen LogP contribution in [0.5, 0.6) is 0 Å². The Hall–Kier alpha value is -2.71. The van der Waals surface area contributed by atoms with Crippen LogP contribution >= 0.6 is 11.6 Å². The van der Waals surface area contributed by atoms with E-state index < -0.39 is 0 Å². The molecule has 0 unspecified atom stereocenters. The molecule has 0 saturated carbocycles. The molecule has 1 amide bonds. The summed E-state index contributed by atoms with van der Waals surface area (Å²) in [4.78, 5) is 16.6. The van der Waals surface area contributed by atoms with Crippen molar-refractivity contribution in [1.82, 2.24) is 30.3 Å². The van der Waals surface area contributed by atoms with Crippen molar-refractivity contribution in [3.63, 3.8) is 0 Å². The van der Waals surface area contributed by atoms with Crippen molar-refractivity contribution >= 4 is 23.5 Å². The van der Waals surface area contributed by atoms with Crippen molar-refractivity contribution in [2.45, 2.75) is 19.5 Å². The van der Waals surface area contributed by atoms with E-state index in [1.165, 1.54) is 0 Å². The van der Waals surface area contributed by atoms with E-state index in [2.05, 4.69) is 30.9 Å². The average Bonchev–Trinajstić information content (AvgIpc) is 3.23. The first-order chi connectivity index (χ1) is 12.2. The Labute approximate surface area is 148 Å². The van der Waals surface area contributed by atoms with Gasteiger partial charge in [0.05, 0.1) is 6.54 Å². The maximum Gasteiger partial charge on any atom is 0.278 e. The number of aromatic amines is 1. The first-order valence-electron chi connectivity index (χ1n) is 7.91. The van der Waals surface area contributed by atoms with E-state index in [0.717, 1.165) is 29.8 Å². The molecule has 0 atom stereocenters. The number of halogens is 1. The topological polar surface area (TPSA) is 101 Å². The van der Waals surface area contributed by atoms with Gasteiger partial charge in [0.15, 0.2) is 5.69 Å². The predicted octanol–water partition coefficient (Wildman–Crippen LogP) is 1.60. The van der Waals surface area contributed by atoms with Gasteiger partial charge < -0.3 is 5.32 Å². The third-order valence-electron chi connectivity index (χ3n) is 4.04. The number of nitrogens with zero attached hydrogens (tertiary/aromatic N) is 4. The van der Waals surface area contributed by atoms with Crippen LogP contribution in [0.1, 0.15) is 27.3 Å². The lowest BCUT2D eigenvalue weighted by molar-refractivity contribution is 0.102. The van der Waals surface area contributed by atoms with Crippen molar-refractivity contribution in [3.8, 4) is 0 Å². The zero-order valence-corrected chi connectivity index (χ0v) is 14.0. The molecule has 1 aliphatic heterocycles. The summed E-state index contributed by atoms with van der Waals surface area (Å²) in [5.74, 6) is -0.0649. The fourth-order valence-electron chi connectivity index (χ4n) is 2.78. The molecule has 0 saturated heterocycles. The molecule has 0 spiro atoms. The minimum Gasteiger partial charge on any atom is -0.312 e. The van der Waals surface area contributed by atoms with Crippen molar-refractivity contribution in [2.24, 2.45) is 0 Å². The van der Waals surface area contributed by atoms with E-state index >= 15 is 0 Å². The smallest absolute Gasteiger partial charge is 0.278 e. The number of nitrogens with one attached hydrogen (secondary N) is 3. The molecule has 3 N–H and O–H groups in total. The molecule has 3 heterocycles. The molecule has 25 heavy (non-hydrogen) atoms.